The van der Waals surface area contributed by atoms with Crippen LogP contribution in [0, 0.1) is 5.92 Å². The van der Waals surface area contributed by atoms with Crippen molar-refractivity contribution in [2.45, 2.75) is 33.1 Å². The topological polar surface area (TPSA) is 63.9 Å². The molecule has 1 aliphatic heterocycles. The second-order valence-corrected chi connectivity index (χ2v) is 6.59. The van der Waals surface area contributed by atoms with E-state index in [4.69, 9.17) is 16.3 Å². The summed E-state index contributed by atoms with van der Waals surface area (Å²) in [6.07, 6.45) is 3.71. The Morgan fingerprint density at radius 1 is 1.32 bits per heavy atom. The number of piperidine rings is 1. The highest BCUT2D eigenvalue weighted by molar-refractivity contribution is 6.30. The smallest absolute Gasteiger partial charge is 0.309 e. The predicted octanol–water partition coefficient (Wildman–Crippen LogP) is 2.97. The van der Waals surface area contributed by atoms with E-state index in [0.29, 0.717) is 55.3 Å². The van der Waals surface area contributed by atoms with Gasteiger partial charge in [-0.3, -0.25) is 14.0 Å². The number of aryl methyl sites for hydroxylation is 1. The zero-order chi connectivity index (χ0) is 18.0. The van der Waals surface area contributed by atoms with Gasteiger partial charge in [-0.1, -0.05) is 18.5 Å². The quantitative estimate of drug-likeness (QED) is 0.783. The minimum absolute atomic E-state index is 0.0472. The average Bonchev–Trinajstić information content (AvgIpc) is 2.99. The lowest BCUT2D eigenvalue weighted by Crippen LogP contribution is -2.41. The Kier molecular flexibility index (Phi) is 5.27. The van der Waals surface area contributed by atoms with E-state index in [1.807, 2.05) is 6.92 Å². The lowest BCUT2D eigenvalue weighted by atomic mass is 9.96. The number of nitrogens with zero attached hydrogens (tertiary/aromatic N) is 3. The SMILES string of the molecule is CCOC(=O)C1CCN(C(=O)c2c(CC)nc3cc(Cl)ccn23)CC1. The van der Waals surface area contributed by atoms with Crippen LogP contribution in [0.2, 0.25) is 5.02 Å². The number of pyridine rings is 1. The molecule has 1 amide bonds. The molecule has 1 saturated heterocycles. The van der Waals surface area contributed by atoms with Gasteiger partial charge >= 0.3 is 5.97 Å². The van der Waals surface area contributed by atoms with Crippen molar-refractivity contribution in [3.05, 3.63) is 34.7 Å². The Hall–Kier alpha value is -2.08. The van der Waals surface area contributed by atoms with E-state index in [1.54, 1.807) is 34.6 Å². The number of likely N-dealkylation sites (tertiary alicyclic amines) is 1. The number of imidazole rings is 1. The van der Waals surface area contributed by atoms with Crippen LogP contribution < -0.4 is 0 Å². The number of rotatable bonds is 4. The second-order valence-electron chi connectivity index (χ2n) is 6.15. The van der Waals surface area contributed by atoms with Gasteiger partial charge in [0.1, 0.15) is 11.3 Å². The molecule has 0 aliphatic carbocycles. The third kappa shape index (κ3) is 3.49. The summed E-state index contributed by atoms with van der Waals surface area (Å²) in [7, 11) is 0. The molecule has 0 atom stereocenters. The monoisotopic (exact) mass is 363 g/mol. The van der Waals surface area contributed by atoms with Gasteiger partial charge in [0, 0.05) is 30.4 Å². The summed E-state index contributed by atoms with van der Waals surface area (Å²) in [5.74, 6) is -0.321. The fraction of sp³-hybridized carbons (Fsp3) is 0.500. The third-order valence-corrected chi connectivity index (χ3v) is 4.84. The number of hydrogen-bond donors (Lipinski definition) is 0. The van der Waals surface area contributed by atoms with Crippen molar-refractivity contribution in [1.82, 2.24) is 14.3 Å². The molecule has 2 aromatic rings. The summed E-state index contributed by atoms with van der Waals surface area (Å²) in [4.78, 5) is 31.2. The maximum atomic E-state index is 13.1. The maximum Gasteiger partial charge on any atom is 0.309 e. The fourth-order valence-corrected chi connectivity index (χ4v) is 3.42. The van der Waals surface area contributed by atoms with E-state index in [1.165, 1.54) is 0 Å². The van der Waals surface area contributed by atoms with E-state index in [-0.39, 0.29) is 17.8 Å². The standard InChI is InChI=1S/C18H22ClN3O3/c1-3-14-16(22-10-7-13(19)11-15(22)20-14)17(23)21-8-5-12(6-9-21)18(24)25-4-2/h7,10-12H,3-6,8-9H2,1-2H3. The summed E-state index contributed by atoms with van der Waals surface area (Å²) >= 11 is 6.03. The summed E-state index contributed by atoms with van der Waals surface area (Å²) in [6, 6.07) is 3.50. The van der Waals surface area contributed by atoms with Crippen LogP contribution in [0.15, 0.2) is 18.3 Å². The Bertz CT molecular complexity index is 794. The molecular formula is C18H22ClN3O3. The van der Waals surface area contributed by atoms with Crippen LogP contribution in [0.25, 0.3) is 5.65 Å². The number of ether oxygens (including phenoxy) is 1. The van der Waals surface area contributed by atoms with Crippen molar-refractivity contribution in [3.8, 4) is 0 Å². The molecular weight excluding hydrogens is 342 g/mol. The van der Waals surface area contributed by atoms with Gasteiger partial charge < -0.3 is 9.64 Å². The van der Waals surface area contributed by atoms with Crippen molar-refractivity contribution in [2.75, 3.05) is 19.7 Å². The van der Waals surface area contributed by atoms with E-state index in [9.17, 15) is 9.59 Å². The number of amides is 1. The minimum atomic E-state index is -0.159. The average molecular weight is 364 g/mol. The number of fused-ring (bicyclic) bond motifs is 1. The van der Waals surface area contributed by atoms with Gasteiger partial charge in [-0.25, -0.2) is 4.98 Å². The van der Waals surface area contributed by atoms with Crippen LogP contribution in [0.3, 0.4) is 0 Å². The van der Waals surface area contributed by atoms with Gasteiger partial charge in [-0.05, 0) is 32.3 Å². The van der Waals surface area contributed by atoms with Crippen LogP contribution in [0.4, 0.5) is 0 Å². The molecule has 25 heavy (non-hydrogen) atoms. The predicted molar refractivity (Wildman–Crippen MR) is 94.8 cm³/mol. The largest absolute Gasteiger partial charge is 0.466 e. The number of carbonyl (C=O) groups excluding carboxylic acids is 2. The third-order valence-electron chi connectivity index (χ3n) is 4.60. The van der Waals surface area contributed by atoms with E-state index in [0.717, 1.165) is 5.69 Å². The highest BCUT2D eigenvalue weighted by atomic mass is 35.5. The van der Waals surface area contributed by atoms with E-state index >= 15 is 0 Å². The van der Waals surface area contributed by atoms with Crippen molar-refractivity contribution >= 4 is 29.1 Å². The van der Waals surface area contributed by atoms with Crippen molar-refractivity contribution in [1.29, 1.82) is 0 Å². The van der Waals surface area contributed by atoms with Crippen LogP contribution >= 0.6 is 11.6 Å². The Morgan fingerprint density at radius 2 is 2.04 bits per heavy atom. The zero-order valence-electron chi connectivity index (χ0n) is 14.5. The van der Waals surface area contributed by atoms with Gasteiger partial charge in [0.15, 0.2) is 0 Å². The van der Waals surface area contributed by atoms with Crippen molar-refractivity contribution in [2.24, 2.45) is 5.92 Å². The van der Waals surface area contributed by atoms with Gasteiger partial charge in [-0.2, -0.15) is 0 Å². The Morgan fingerprint density at radius 3 is 2.68 bits per heavy atom. The molecule has 7 heteroatoms. The Labute approximate surface area is 151 Å². The molecule has 0 N–H and O–H groups in total. The number of carbonyl (C=O) groups is 2. The number of halogens is 1. The molecule has 0 aromatic carbocycles. The summed E-state index contributed by atoms with van der Waals surface area (Å²) in [6.45, 7) is 5.27. The molecule has 2 aromatic heterocycles. The van der Waals surface area contributed by atoms with Crippen LogP contribution in [0.1, 0.15) is 42.9 Å². The number of hydrogen-bond acceptors (Lipinski definition) is 4. The van der Waals surface area contributed by atoms with E-state index in [2.05, 4.69) is 4.98 Å². The van der Waals surface area contributed by atoms with Crippen molar-refractivity contribution in [3.63, 3.8) is 0 Å². The van der Waals surface area contributed by atoms with Crippen molar-refractivity contribution < 1.29 is 14.3 Å². The summed E-state index contributed by atoms with van der Waals surface area (Å²) < 4.78 is 6.88. The molecule has 3 rings (SSSR count). The molecule has 0 radical (unpaired) electrons. The molecule has 0 spiro atoms. The number of esters is 1. The van der Waals surface area contributed by atoms with Crippen LogP contribution in [0.5, 0.6) is 0 Å². The molecule has 0 unspecified atom stereocenters. The second kappa shape index (κ2) is 7.44. The van der Waals surface area contributed by atoms with Gasteiger partial charge in [0.05, 0.1) is 18.2 Å². The van der Waals surface area contributed by atoms with Gasteiger partial charge in [-0.15, -0.1) is 0 Å². The maximum absolute atomic E-state index is 13.1. The van der Waals surface area contributed by atoms with E-state index < -0.39 is 0 Å². The van der Waals surface area contributed by atoms with Crippen LogP contribution in [-0.4, -0.2) is 45.9 Å². The Balaban J connectivity index is 1.80. The summed E-state index contributed by atoms with van der Waals surface area (Å²) in [5, 5.41) is 0.592. The van der Waals surface area contributed by atoms with Gasteiger partial charge in [0.25, 0.3) is 5.91 Å². The molecule has 0 bridgehead atoms. The zero-order valence-corrected chi connectivity index (χ0v) is 15.3. The number of aromatic nitrogens is 2. The molecule has 1 aliphatic rings. The molecule has 0 saturated carbocycles. The highest BCUT2D eigenvalue weighted by Gasteiger charge is 2.31. The lowest BCUT2D eigenvalue weighted by molar-refractivity contribution is -0.149. The first-order chi connectivity index (χ1) is 12.0. The molecule has 134 valence electrons. The summed E-state index contributed by atoms with van der Waals surface area (Å²) in [5.41, 5.74) is 2.03. The first-order valence-electron chi connectivity index (χ1n) is 8.67. The molecule has 1 fully saturated rings. The lowest BCUT2D eigenvalue weighted by Gasteiger charge is -2.31. The molecule has 3 heterocycles. The molecule has 6 nitrogen and oxygen atoms in total. The minimum Gasteiger partial charge on any atom is -0.466 e. The normalized spacial score (nSPS) is 15.6. The first kappa shape index (κ1) is 17.7. The van der Waals surface area contributed by atoms with Gasteiger partial charge in [0.2, 0.25) is 0 Å². The first-order valence-corrected chi connectivity index (χ1v) is 9.05. The fourth-order valence-electron chi connectivity index (χ4n) is 3.27. The van der Waals surface area contributed by atoms with Crippen LogP contribution in [-0.2, 0) is 16.0 Å². The highest BCUT2D eigenvalue weighted by Crippen LogP contribution is 2.23.